The molecule has 0 N–H and O–H groups in total. The van der Waals surface area contributed by atoms with Crippen molar-refractivity contribution in [3.63, 3.8) is 0 Å². The van der Waals surface area contributed by atoms with Gasteiger partial charge in [0.15, 0.2) is 5.76 Å². The van der Waals surface area contributed by atoms with Crippen LogP contribution in [0.2, 0.25) is 0 Å². The van der Waals surface area contributed by atoms with Crippen molar-refractivity contribution in [2.45, 2.75) is 19.3 Å². The van der Waals surface area contributed by atoms with Crippen LogP contribution in [0.3, 0.4) is 0 Å². The minimum Gasteiger partial charge on any atom is -0.461 e. The number of ketones is 1. The number of hydrogen-bond acceptors (Lipinski definition) is 2. The van der Waals surface area contributed by atoms with Gasteiger partial charge in [-0.05, 0) is 25.0 Å². The summed E-state index contributed by atoms with van der Waals surface area (Å²) in [5.74, 6) is 0.956. The Morgan fingerprint density at radius 3 is 2.82 bits per heavy atom. The standard InChI is InChI=1S/C9H10O2/c10-9(7-3-1-4-7)8-5-2-6-11-8/h2,5-7H,1,3-4H2. The molecule has 1 saturated carbocycles. The van der Waals surface area contributed by atoms with Crippen LogP contribution >= 0.6 is 0 Å². The van der Waals surface area contributed by atoms with E-state index < -0.39 is 0 Å². The zero-order chi connectivity index (χ0) is 7.68. The van der Waals surface area contributed by atoms with Crippen LogP contribution < -0.4 is 0 Å². The van der Waals surface area contributed by atoms with Crippen LogP contribution in [0.15, 0.2) is 22.8 Å². The Morgan fingerprint density at radius 2 is 2.36 bits per heavy atom. The van der Waals surface area contributed by atoms with Gasteiger partial charge in [0.2, 0.25) is 5.78 Å². The fourth-order valence-electron chi connectivity index (χ4n) is 1.29. The summed E-state index contributed by atoms with van der Waals surface area (Å²) in [7, 11) is 0. The largest absolute Gasteiger partial charge is 0.461 e. The summed E-state index contributed by atoms with van der Waals surface area (Å²) >= 11 is 0. The van der Waals surface area contributed by atoms with Crippen molar-refractivity contribution in [3.05, 3.63) is 24.2 Å². The molecule has 0 radical (unpaired) electrons. The van der Waals surface area contributed by atoms with Crippen LogP contribution in [-0.4, -0.2) is 5.78 Å². The first-order valence-corrected chi connectivity index (χ1v) is 3.95. The predicted molar refractivity (Wildman–Crippen MR) is 40.4 cm³/mol. The van der Waals surface area contributed by atoms with Gasteiger partial charge in [0.05, 0.1) is 6.26 Å². The number of carbonyl (C=O) groups is 1. The Morgan fingerprint density at radius 1 is 1.55 bits per heavy atom. The maximum absolute atomic E-state index is 11.4. The van der Waals surface area contributed by atoms with Crippen LogP contribution in [0.4, 0.5) is 0 Å². The van der Waals surface area contributed by atoms with Gasteiger partial charge >= 0.3 is 0 Å². The van der Waals surface area contributed by atoms with Crippen molar-refractivity contribution in [1.82, 2.24) is 0 Å². The van der Waals surface area contributed by atoms with E-state index in [9.17, 15) is 4.79 Å². The number of furan rings is 1. The number of carbonyl (C=O) groups excluding carboxylic acids is 1. The van der Waals surface area contributed by atoms with E-state index in [1.54, 1.807) is 18.4 Å². The summed E-state index contributed by atoms with van der Waals surface area (Å²) in [6.45, 7) is 0. The Balaban J connectivity index is 2.10. The van der Waals surface area contributed by atoms with Crippen molar-refractivity contribution < 1.29 is 9.21 Å². The molecule has 0 saturated heterocycles. The van der Waals surface area contributed by atoms with Gasteiger partial charge in [-0.25, -0.2) is 0 Å². The van der Waals surface area contributed by atoms with E-state index in [1.807, 2.05) is 0 Å². The first-order valence-electron chi connectivity index (χ1n) is 3.95. The van der Waals surface area contributed by atoms with Crippen molar-refractivity contribution in [2.75, 3.05) is 0 Å². The molecule has 1 aromatic heterocycles. The van der Waals surface area contributed by atoms with Gasteiger partial charge in [0.1, 0.15) is 0 Å². The molecule has 1 aliphatic carbocycles. The summed E-state index contributed by atoms with van der Waals surface area (Å²) < 4.78 is 5.00. The third-order valence-electron chi connectivity index (χ3n) is 2.24. The van der Waals surface area contributed by atoms with Gasteiger partial charge in [-0.1, -0.05) is 6.42 Å². The molecule has 1 heterocycles. The summed E-state index contributed by atoms with van der Waals surface area (Å²) in [5, 5.41) is 0. The van der Waals surface area contributed by atoms with E-state index in [0.717, 1.165) is 12.8 Å². The summed E-state index contributed by atoms with van der Waals surface area (Å²) in [6.07, 6.45) is 4.82. The Bertz CT molecular complexity index is 245. The van der Waals surface area contributed by atoms with Crippen LogP contribution in [-0.2, 0) is 0 Å². The molecule has 0 unspecified atom stereocenters. The van der Waals surface area contributed by atoms with Crippen LogP contribution in [0.5, 0.6) is 0 Å². The Labute approximate surface area is 65.2 Å². The minimum atomic E-state index is 0.182. The molecule has 0 atom stereocenters. The molecule has 1 aliphatic rings. The number of rotatable bonds is 2. The molecule has 0 aliphatic heterocycles. The maximum Gasteiger partial charge on any atom is 0.201 e. The molecule has 2 heteroatoms. The van der Waals surface area contributed by atoms with E-state index in [4.69, 9.17) is 4.42 Å². The summed E-state index contributed by atoms with van der Waals surface area (Å²) in [4.78, 5) is 11.4. The highest BCUT2D eigenvalue weighted by Gasteiger charge is 2.27. The van der Waals surface area contributed by atoms with E-state index in [1.165, 1.54) is 6.42 Å². The zero-order valence-corrected chi connectivity index (χ0v) is 6.25. The molecule has 0 spiro atoms. The predicted octanol–water partition coefficient (Wildman–Crippen LogP) is 2.26. The van der Waals surface area contributed by atoms with Gasteiger partial charge in [-0.15, -0.1) is 0 Å². The second kappa shape index (κ2) is 2.53. The third-order valence-corrected chi connectivity index (χ3v) is 2.24. The van der Waals surface area contributed by atoms with Gasteiger partial charge in [-0.3, -0.25) is 4.79 Å². The van der Waals surface area contributed by atoms with E-state index >= 15 is 0 Å². The number of hydrogen-bond donors (Lipinski definition) is 0. The lowest BCUT2D eigenvalue weighted by molar-refractivity contribution is 0.0825. The second-order valence-corrected chi connectivity index (χ2v) is 2.97. The highest BCUT2D eigenvalue weighted by atomic mass is 16.3. The lowest BCUT2D eigenvalue weighted by atomic mass is 9.81. The summed E-state index contributed by atoms with van der Waals surface area (Å²) in [5.41, 5.74) is 0. The molecular formula is C9H10O2. The van der Waals surface area contributed by atoms with E-state index in [0.29, 0.717) is 5.76 Å². The van der Waals surface area contributed by atoms with Crippen molar-refractivity contribution in [2.24, 2.45) is 5.92 Å². The van der Waals surface area contributed by atoms with Crippen LogP contribution in [0.1, 0.15) is 29.8 Å². The van der Waals surface area contributed by atoms with Gasteiger partial charge in [0, 0.05) is 5.92 Å². The van der Waals surface area contributed by atoms with Gasteiger partial charge in [0.25, 0.3) is 0 Å². The molecule has 1 aromatic rings. The van der Waals surface area contributed by atoms with Crippen molar-refractivity contribution in [1.29, 1.82) is 0 Å². The molecule has 0 amide bonds. The first-order chi connectivity index (χ1) is 5.38. The van der Waals surface area contributed by atoms with Crippen molar-refractivity contribution >= 4 is 5.78 Å². The topological polar surface area (TPSA) is 30.2 Å². The lowest BCUT2D eigenvalue weighted by Crippen LogP contribution is -2.21. The SMILES string of the molecule is O=C(c1ccco1)C1CCC1. The molecular weight excluding hydrogens is 140 g/mol. The molecule has 0 aromatic carbocycles. The number of Topliss-reactive ketones (excluding diaryl/α,β-unsaturated/α-hetero) is 1. The lowest BCUT2D eigenvalue weighted by Gasteiger charge is -2.22. The fourth-order valence-corrected chi connectivity index (χ4v) is 1.29. The molecule has 2 nitrogen and oxygen atoms in total. The average Bonchev–Trinajstić information content (AvgIpc) is 2.32. The van der Waals surface area contributed by atoms with Crippen molar-refractivity contribution in [3.8, 4) is 0 Å². The van der Waals surface area contributed by atoms with E-state index in [2.05, 4.69) is 0 Å². The molecule has 1 fully saturated rings. The average molecular weight is 150 g/mol. The second-order valence-electron chi connectivity index (χ2n) is 2.97. The van der Waals surface area contributed by atoms with Crippen LogP contribution in [0, 0.1) is 5.92 Å². The van der Waals surface area contributed by atoms with Gasteiger partial charge in [-0.2, -0.15) is 0 Å². The minimum absolute atomic E-state index is 0.182. The highest BCUT2D eigenvalue weighted by Crippen LogP contribution is 2.29. The smallest absolute Gasteiger partial charge is 0.201 e. The molecule has 0 bridgehead atoms. The first kappa shape index (κ1) is 6.65. The Kier molecular flexibility index (Phi) is 1.53. The summed E-state index contributed by atoms with van der Waals surface area (Å²) in [6, 6.07) is 3.49. The van der Waals surface area contributed by atoms with Crippen LogP contribution in [0.25, 0.3) is 0 Å². The third kappa shape index (κ3) is 1.09. The fraction of sp³-hybridized carbons (Fsp3) is 0.444. The van der Waals surface area contributed by atoms with E-state index in [-0.39, 0.29) is 11.7 Å². The van der Waals surface area contributed by atoms with Gasteiger partial charge < -0.3 is 4.42 Å². The molecule has 11 heavy (non-hydrogen) atoms. The molecule has 58 valence electrons. The highest BCUT2D eigenvalue weighted by molar-refractivity contribution is 5.95. The monoisotopic (exact) mass is 150 g/mol. The Hall–Kier alpha value is -1.05. The maximum atomic E-state index is 11.4. The normalized spacial score (nSPS) is 17.8. The molecule has 2 rings (SSSR count). The quantitative estimate of drug-likeness (QED) is 0.605. The zero-order valence-electron chi connectivity index (χ0n) is 6.25.